The molecule has 2 saturated heterocycles. The fourth-order valence-corrected chi connectivity index (χ4v) is 7.80. The Kier molecular flexibility index (Phi) is 13.1. The largest absolute Gasteiger partial charge is 0.480 e. The number of carbonyl (C=O) groups is 4. The molecule has 0 radical (unpaired) electrons. The van der Waals surface area contributed by atoms with Crippen LogP contribution in [0.3, 0.4) is 0 Å². The third-order valence-corrected chi connectivity index (χ3v) is 10.4. The summed E-state index contributed by atoms with van der Waals surface area (Å²) in [6.07, 6.45) is -1.17. The van der Waals surface area contributed by atoms with Gasteiger partial charge in [-0.05, 0) is 98.0 Å². The lowest BCUT2D eigenvalue weighted by molar-refractivity contribution is -0.149. The summed E-state index contributed by atoms with van der Waals surface area (Å²) >= 11 is 12.5. The van der Waals surface area contributed by atoms with Gasteiger partial charge in [-0.1, -0.05) is 89.9 Å². The first-order chi connectivity index (χ1) is 25.7. The van der Waals surface area contributed by atoms with E-state index in [2.05, 4.69) is 0 Å². The van der Waals surface area contributed by atoms with Crippen molar-refractivity contribution in [2.24, 2.45) is 0 Å². The Labute approximate surface area is 321 Å². The standard InChI is InChI=1S/C21H22ClNO3.C20H17ClF3NO3/c22-17-11-5-4-10-16(17)18-13-14-19(21(25)26)23(18)20(24)12-6-9-15-7-2-1-3-8-15;1-11-8-12(10-13(9-11)20(22,23)24)18(26)25-16(6-7-17(25)19(27)28)14-4-2-3-5-15(14)21/h1-5,7-8,10-11,18-19H,6,9,12-14H2,(H,25,26);2-5,8-10,16-17H,6-7H2,1H3,(H,27,28)/t18-,19+;16-,17+/m11/s1. The molecule has 2 amide bonds. The van der Waals surface area contributed by atoms with Crippen molar-refractivity contribution in [1.82, 2.24) is 9.80 Å². The molecule has 13 heteroatoms. The number of carboxylic acid groups (broad SMARTS) is 2. The molecule has 0 unspecified atom stereocenters. The van der Waals surface area contributed by atoms with Crippen LogP contribution in [0.5, 0.6) is 0 Å². The first kappa shape index (κ1) is 40.3. The highest BCUT2D eigenvalue weighted by molar-refractivity contribution is 6.31. The number of aryl methyl sites for hydroxylation is 2. The van der Waals surface area contributed by atoms with Crippen LogP contribution >= 0.6 is 23.2 Å². The summed E-state index contributed by atoms with van der Waals surface area (Å²) in [5, 5.41) is 20.0. The van der Waals surface area contributed by atoms with Gasteiger partial charge >= 0.3 is 18.1 Å². The second-order valence-corrected chi connectivity index (χ2v) is 14.2. The number of hydrogen-bond donors (Lipinski definition) is 2. The van der Waals surface area contributed by atoms with E-state index in [4.69, 9.17) is 23.2 Å². The number of likely N-dealkylation sites (tertiary alicyclic amines) is 2. The summed E-state index contributed by atoms with van der Waals surface area (Å²) in [7, 11) is 0. The fraction of sp³-hybridized carbons (Fsp3) is 0.317. The van der Waals surface area contributed by atoms with Crippen molar-refractivity contribution in [1.29, 1.82) is 0 Å². The zero-order valence-electron chi connectivity index (χ0n) is 29.3. The normalized spacial score (nSPS) is 19.6. The number of benzene rings is 4. The predicted octanol–water partition coefficient (Wildman–Crippen LogP) is 9.58. The molecular weight excluding hydrogens is 744 g/mol. The van der Waals surface area contributed by atoms with Gasteiger partial charge in [0, 0.05) is 22.0 Å². The molecule has 4 aromatic rings. The van der Waals surface area contributed by atoms with Crippen LogP contribution in [-0.4, -0.2) is 55.8 Å². The highest BCUT2D eigenvalue weighted by atomic mass is 35.5. The van der Waals surface area contributed by atoms with Crippen LogP contribution in [0.4, 0.5) is 13.2 Å². The average molecular weight is 784 g/mol. The van der Waals surface area contributed by atoms with Crippen molar-refractivity contribution in [3.05, 3.63) is 140 Å². The van der Waals surface area contributed by atoms with Gasteiger partial charge in [-0.2, -0.15) is 13.2 Å². The molecule has 6 rings (SSSR count). The van der Waals surface area contributed by atoms with E-state index in [-0.39, 0.29) is 29.5 Å². The van der Waals surface area contributed by atoms with Crippen LogP contribution in [-0.2, 0) is 27.0 Å². The molecule has 4 atom stereocenters. The first-order valence-electron chi connectivity index (χ1n) is 17.5. The lowest BCUT2D eigenvalue weighted by Crippen LogP contribution is -2.42. The maximum atomic E-state index is 13.2. The summed E-state index contributed by atoms with van der Waals surface area (Å²) < 4.78 is 39.5. The summed E-state index contributed by atoms with van der Waals surface area (Å²) in [4.78, 5) is 52.0. The fourth-order valence-electron chi connectivity index (χ4n) is 7.28. The quantitative estimate of drug-likeness (QED) is 0.175. The molecule has 0 bridgehead atoms. The van der Waals surface area contributed by atoms with Gasteiger partial charge in [-0.15, -0.1) is 0 Å². The summed E-state index contributed by atoms with van der Waals surface area (Å²) in [5.74, 6) is -3.03. The average Bonchev–Trinajstić information content (AvgIpc) is 3.78. The van der Waals surface area contributed by atoms with Gasteiger partial charge in [0.15, 0.2) is 0 Å². The number of halogens is 5. The minimum absolute atomic E-state index is 0.115. The molecule has 2 N–H and O–H groups in total. The van der Waals surface area contributed by atoms with E-state index in [1.165, 1.54) is 23.5 Å². The monoisotopic (exact) mass is 782 g/mol. The third kappa shape index (κ3) is 9.43. The van der Waals surface area contributed by atoms with Gasteiger partial charge in [-0.3, -0.25) is 9.59 Å². The van der Waals surface area contributed by atoms with Crippen molar-refractivity contribution >= 4 is 47.0 Å². The SMILES string of the molecule is Cc1cc(C(=O)N2[C@@H](c3ccccc3Cl)CC[C@H]2C(=O)O)cc(C(F)(F)F)c1.O=C(O)[C@@H]1CC[C@H](c2ccccc2Cl)N1C(=O)CCCc1ccccc1. The zero-order valence-corrected chi connectivity index (χ0v) is 30.8. The van der Waals surface area contributed by atoms with Gasteiger partial charge < -0.3 is 20.0 Å². The second kappa shape index (κ2) is 17.5. The van der Waals surface area contributed by atoms with Crippen LogP contribution in [0, 0.1) is 6.92 Å². The summed E-state index contributed by atoms with van der Waals surface area (Å²) in [6.45, 7) is 1.45. The number of amides is 2. The number of rotatable bonds is 9. The minimum atomic E-state index is -4.61. The van der Waals surface area contributed by atoms with Gasteiger partial charge in [0.05, 0.1) is 17.6 Å². The van der Waals surface area contributed by atoms with Gasteiger partial charge in [0.25, 0.3) is 5.91 Å². The zero-order chi connectivity index (χ0) is 39.2. The highest BCUT2D eigenvalue weighted by Crippen LogP contribution is 2.42. The van der Waals surface area contributed by atoms with Crippen molar-refractivity contribution in [3.63, 3.8) is 0 Å². The van der Waals surface area contributed by atoms with Crippen molar-refractivity contribution in [2.45, 2.75) is 82.2 Å². The Morgan fingerprint density at radius 2 is 1.20 bits per heavy atom. The molecule has 284 valence electrons. The molecule has 0 aromatic heterocycles. The predicted molar refractivity (Wildman–Crippen MR) is 198 cm³/mol. The molecule has 0 aliphatic carbocycles. The van der Waals surface area contributed by atoms with E-state index in [1.807, 2.05) is 48.5 Å². The molecule has 0 spiro atoms. The lowest BCUT2D eigenvalue weighted by atomic mass is 10.0. The molecule has 4 aromatic carbocycles. The third-order valence-electron chi connectivity index (χ3n) is 9.74. The number of alkyl halides is 3. The number of hydrogen-bond acceptors (Lipinski definition) is 4. The Morgan fingerprint density at radius 1 is 0.704 bits per heavy atom. The van der Waals surface area contributed by atoms with Crippen LogP contribution < -0.4 is 0 Å². The van der Waals surface area contributed by atoms with E-state index in [9.17, 15) is 42.6 Å². The molecule has 2 fully saturated rings. The number of carboxylic acids is 2. The maximum Gasteiger partial charge on any atom is 0.416 e. The molecular formula is C41H39Cl2F3N2O6. The van der Waals surface area contributed by atoms with E-state index < -0.39 is 47.7 Å². The molecule has 0 saturated carbocycles. The smallest absolute Gasteiger partial charge is 0.416 e. The van der Waals surface area contributed by atoms with Gasteiger partial charge in [-0.25, -0.2) is 9.59 Å². The Hall–Kier alpha value is -4.87. The Balaban J connectivity index is 0.000000208. The van der Waals surface area contributed by atoms with Crippen LogP contribution in [0.25, 0.3) is 0 Å². The maximum absolute atomic E-state index is 13.2. The molecule has 8 nitrogen and oxygen atoms in total. The van der Waals surface area contributed by atoms with Crippen molar-refractivity contribution < 1.29 is 42.6 Å². The topological polar surface area (TPSA) is 115 Å². The number of aliphatic carboxylic acids is 2. The van der Waals surface area contributed by atoms with Crippen LogP contribution in [0.1, 0.15) is 88.8 Å². The molecule has 2 aliphatic heterocycles. The Bertz CT molecular complexity index is 1990. The van der Waals surface area contributed by atoms with Crippen LogP contribution in [0.2, 0.25) is 10.0 Å². The molecule has 2 aliphatic rings. The summed E-state index contributed by atoms with van der Waals surface area (Å²) in [6, 6.07) is 24.3. The number of carbonyl (C=O) groups excluding carboxylic acids is 2. The Morgan fingerprint density at radius 3 is 1.72 bits per heavy atom. The first-order valence-corrected chi connectivity index (χ1v) is 18.2. The lowest BCUT2D eigenvalue weighted by Gasteiger charge is -2.29. The highest BCUT2D eigenvalue weighted by Gasteiger charge is 2.44. The summed E-state index contributed by atoms with van der Waals surface area (Å²) in [5.41, 5.74) is 1.70. The van der Waals surface area contributed by atoms with Crippen molar-refractivity contribution in [2.75, 3.05) is 0 Å². The van der Waals surface area contributed by atoms with Gasteiger partial charge in [0.1, 0.15) is 12.1 Å². The van der Waals surface area contributed by atoms with Crippen LogP contribution in [0.15, 0.2) is 97.1 Å². The van der Waals surface area contributed by atoms with E-state index in [0.29, 0.717) is 47.7 Å². The minimum Gasteiger partial charge on any atom is -0.480 e. The van der Waals surface area contributed by atoms with E-state index in [0.717, 1.165) is 29.0 Å². The van der Waals surface area contributed by atoms with E-state index in [1.54, 1.807) is 30.3 Å². The van der Waals surface area contributed by atoms with Gasteiger partial charge in [0.2, 0.25) is 5.91 Å². The van der Waals surface area contributed by atoms with E-state index >= 15 is 0 Å². The van der Waals surface area contributed by atoms with Crippen molar-refractivity contribution in [3.8, 4) is 0 Å². The molecule has 2 heterocycles. The molecule has 54 heavy (non-hydrogen) atoms. The number of nitrogens with zero attached hydrogens (tertiary/aromatic N) is 2. The second-order valence-electron chi connectivity index (χ2n) is 13.4.